The molecule has 6 aromatic rings. The van der Waals surface area contributed by atoms with Crippen molar-refractivity contribution in [1.82, 2.24) is 19.9 Å². The topological polar surface area (TPSA) is 63.9 Å². The highest BCUT2D eigenvalue weighted by molar-refractivity contribution is 5.86. The van der Waals surface area contributed by atoms with E-state index in [-0.39, 0.29) is 0 Å². The van der Waals surface area contributed by atoms with Crippen LogP contribution in [0.15, 0.2) is 151 Å². The fourth-order valence-corrected chi connectivity index (χ4v) is 5.54. The molecule has 0 bridgehead atoms. The molecular formula is C40H31N5. The summed E-state index contributed by atoms with van der Waals surface area (Å²) in [6, 6.07) is 35.7. The lowest BCUT2D eigenvalue weighted by molar-refractivity contribution is 0.807. The normalized spacial score (nSPS) is 14.4. The molecule has 4 aromatic carbocycles. The second kappa shape index (κ2) is 12.8. The first-order valence-electron chi connectivity index (χ1n) is 15.1. The van der Waals surface area contributed by atoms with E-state index >= 15 is 0 Å². The van der Waals surface area contributed by atoms with E-state index in [1.165, 1.54) is 0 Å². The SMILES string of the molecule is CC1C=NC=C(c2cccc(-c3ncc(-c4cccc(-c5cncnc5)c4)c(-c4cccc(-c5ccccc5)c4)n3)c2)C=CC1. The van der Waals surface area contributed by atoms with Crippen LogP contribution in [0.3, 0.4) is 0 Å². The van der Waals surface area contributed by atoms with Crippen molar-refractivity contribution in [3.05, 3.63) is 152 Å². The summed E-state index contributed by atoms with van der Waals surface area (Å²) in [5, 5.41) is 0. The quantitative estimate of drug-likeness (QED) is 0.196. The van der Waals surface area contributed by atoms with Gasteiger partial charge in [0.1, 0.15) is 6.33 Å². The summed E-state index contributed by atoms with van der Waals surface area (Å²) in [4.78, 5) is 23.2. The molecule has 45 heavy (non-hydrogen) atoms. The third-order valence-electron chi connectivity index (χ3n) is 7.91. The maximum Gasteiger partial charge on any atom is 0.159 e. The molecule has 216 valence electrons. The summed E-state index contributed by atoms with van der Waals surface area (Å²) in [5.41, 5.74) is 11.2. The van der Waals surface area contributed by atoms with Gasteiger partial charge >= 0.3 is 0 Å². The molecule has 1 atom stereocenters. The average molecular weight is 582 g/mol. The Labute approximate surface area is 263 Å². The Kier molecular flexibility index (Phi) is 7.97. The molecule has 1 unspecified atom stereocenters. The first kappa shape index (κ1) is 28.0. The lowest BCUT2D eigenvalue weighted by Crippen LogP contribution is -1.97. The Hall–Kier alpha value is -5.81. The minimum atomic E-state index is 0.429. The Balaban J connectivity index is 1.35. The summed E-state index contributed by atoms with van der Waals surface area (Å²) in [6.07, 6.45) is 16.4. The zero-order valence-corrected chi connectivity index (χ0v) is 25.0. The molecule has 7 rings (SSSR count). The Bertz CT molecular complexity index is 2050. The van der Waals surface area contributed by atoms with Crippen LogP contribution >= 0.6 is 0 Å². The zero-order chi connectivity index (χ0) is 30.4. The van der Waals surface area contributed by atoms with E-state index < -0.39 is 0 Å². The zero-order valence-electron chi connectivity index (χ0n) is 25.0. The number of nitrogens with zero attached hydrogens (tertiary/aromatic N) is 5. The van der Waals surface area contributed by atoms with Crippen molar-refractivity contribution in [2.75, 3.05) is 0 Å². The highest BCUT2D eigenvalue weighted by Crippen LogP contribution is 2.36. The molecule has 2 aromatic heterocycles. The van der Waals surface area contributed by atoms with Gasteiger partial charge in [-0.05, 0) is 63.9 Å². The average Bonchev–Trinajstić information content (AvgIpc) is 3.10. The van der Waals surface area contributed by atoms with E-state index in [1.54, 1.807) is 6.33 Å². The van der Waals surface area contributed by atoms with Gasteiger partial charge in [0.25, 0.3) is 0 Å². The van der Waals surface area contributed by atoms with E-state index in [9.17, 15) is 0 Å². The number of allylic oxidation sites excluding steroid dienone is 3. The largest absolute Gasteiger partial charge is 0.268 e. The van der Waals surface area contributed by atoms with Gasteiger partial charge in [0.15, 0.2) is 5.82 Å². The summed E-state index contributed by atoms with van der Waals surface area (Å²) in [5.74, 6) is 1.10. The van der Waals surface area contributed by atoms with Crippen LogP contribution in [0.4, 0.5) is 0 Å². The van der Waals surface area contributed by atoms with E-state index in [2.05, 4.69) is 131 Å². The monoisotopic (exact) mass is 581 g/mol. The molecule has 0 amide bonds. The van der Waals surface area contributed by atoms with Gasteiger partial charge in [0.2, 0.25) is 0 Å². The first-order chi connectivity index (χ1) is 22.2. The van der Waals surface area contributed by atoms with Gasteiger partial charge in [0, 0.05) is 53.3 Å². The van der Waals surface area contributed by atoms with Crippen molar-refractivity contribution >= 4 is 11.8 Å². The molecule has 0 N–H and O–H groups in total. The minimum absolute atomic E-state index is 0.429. The highest BCUT2D eigenvalue weighted by atomic mass is 14.9. The second-order valence-electron chi connectivity index (χ2n) is 11.2. The van der Waals surface area contributed by atoms with Gasteiger partial charge in [-0.25, -0.2) is 19.9 Å². The van der Waals surface area contributed by atoms with Crippen LogP contribution in [0.25, 0.3) is 61.6 Å². The number of aromatic nitrogens is 4. The van der Waals surface area contributed by atoms with Crippen molar-refractivity contribution in [2.24, 2.45) is 10.9 Å². The van der Waals surface area contributed by atoms with Crippen molar-refractivity contribution in [3.63, 3.8) is 0 Å². The standard InChI is InChI=1S/C40H31N5/c1-28-9-5-18-36(23-41-22-28)31-13-8-17-35(21-31)40-44-26-38(33-15-6-14-32(19-33)37-24-42-27-43-25-37)39(45-40)34-16-7-12-30(20-34)29-10-3-2-4-11-29/h2-8,10-28H,9H2,1H3. The number of hydrogen-bond acceptors (Lipinski definition) is 5. The number of benzene rings is 4. The Morgan fingerprint density at radius 2 is 1.24 bits per heavy atom. The number of aliphatic imine (C=N–C) groups is 1. The fraction of sp³-hybridized carbons (Fsp3) is 0.0750. The molecule has 5 heteroatoms. The van der Waals surface area contributed by atoms with Crippen LogP contribution in [-0.4, -0.2) is 26.2 Å². The van der Waals surface area contributed by atoms with Crippen LogP contribution in [0, 0.1) is 5.92 Å². The molecule has 0 aliphatic carbocycles. The maximum atomic E-state index is 5.25. The van der Waals surface area contributed by atoms with Gasteiger partial charge in [0.05, 0.1) is 5.69 Å². The van der Waals surface area contributed by atoms with Crippen LogP contribution in [0.2, 0.25) is 0 Å². The van der Waals surface area contributed by atoms with Gasteiger partial charge in [-0.1, -0.05) is 104 Å². The van der Waals surface area contributed by atoms with E-state index in [0.717, 1.165) is 67.8 Å². The highest BCUT2D eigenvalue weighted by Gasteiger charge is 2.15. The smallest absolute Gasteiger partial charge is 0.159 e. The van der Waals surface area contributed by atoms with Crippen molar-refractivity contribution < 1.29 is 0 Å². The molecule has 0 saturated heterocycles. The molecule has 0 spiro atoms. The van der Waals surface area contributed by atoms with Crippen molar-refractivity contribution in [3.8, 4) is 56.0 Å². The van der Waals surface area contributed by atoms with Crippen molar-refractivity contribution in [2.45, 2.75) is 13.3 Å². The van der Waals surface area contributed by atoms with Crippen molar-refractivity contribution in [1.29, 1.82) is 0 Å². The Morgan fingerprint density at radius 1 is 0.600 bits per heavy atom. The van der Waals surface area contributed by atoms with Gasteiger partial charge < -0.3 is 0 Å². The summed E-state index contributed by atoms with van der Waals surface area (Å²) >= 11 is 0. The van der Waals surface area contributed by atoms with Crippen LogP contribution in [-0.2, 0) is 0 Å². The molecule has 5 nitrogen and oxygen atoms in total. The molecule has 0 radical (unpaired) electrons. The minimum Gasteiger partial charge on any atom is -0.268 e. The Morgan fingerprint density at radius 3 is 2.07 bits per heavy atom. The van der Waals surface area contributed by atoms with Gasteiger partial charge in [-0.15, -0.1) is 0 Å². The molecule has 1 aliphatic rings. The fourth-order valence-electron chi connectivity index (χ4n) is 5.54. The molecule has 3 heterocycles. The van der Waals surface area contributed by atoms with Gasteiger partial charge in [-0.2, -0.15) is 0 Å². The molecule has 0 saturated carbocycles. The third-order valence-corrected chi connectivity index (χ3v) is 7.91. The van der Waals surface area contributed by atoms with Gasteiger partial charge in [-0.3, -0.25) is 4.99 Å². The lowest BCUT2D eigenvalue weighted by Gasteiger charge is -2.14. The predicted molar refractivity (Wildman–Crippen MR) is 184 cm³/mol. The lowest BCUT2D eigenvalue weighted by atomic mass is 9.95. The third kappa shape index (κ3) is 6.29. The molecule has 1 aliphatic heterocycles. The molecular weight excluding hydrogens is 550 g/mol. The first-order valence-corrected chi connectivity index (χ1v) is 15.1. The van der Waals surface area contributed by atoms with Crippen LogP contribution in [0.5, 0.6) is 0 Å². The molecule has 0 fully saturated rings. The van der Waals surface area contributed by atoms with Crippen LogP contribution in [0.1, 0.15) is 18.9 Å². The maximum absolute atomic E-state index is 5.25. The van der Waals surface area contributed by atoms with Crippen LogP contribution < -0.4 is 0 Å². The van der Waals surface area contributed by atoms with E-state index in [1.807, 2.05) is 37.1 Å². The number of hydrogen-bond donors (Lipinski definition) is 0. The second-order valence-corrected chi connectivity index (χ2v) is 11.2. The summed E-state index contributed by atoms with van der Waals surface area (Å²) in [6.45, 7) is 2.17. The predicted octanol–water partition coefficient (Wildman–Crippen LogP) is 9.61. The summed E-state index contributed by atoms with van der Waals surface area (Å²) in [7, 11) is 0. The summed E-state index contributed by atoms with van der Waals surface area (Å²) < 4.78 is 0. The number of rotatable bonds is 6. The van der Waals surface area contributed by atoms with E-state index in [0.29, 0.717) is 11.7 Å². The van der Waals surface area contributed by atoms with E-state index in [4.69, 9.17) is 9.97 Å².